The van der Waals surface area contributed by atoms with E-state index >= 15 is 0 Å². The summed E-state index contributed by atoms with van der Waals surface area (Å²) < 4.78 is 10.0. The second kappa shape index (κ2) is 23.8. The topological polar surface area (TPSA) is 29.1 Å². The Morgan fingerprint density at radius 3 is 1.70 bits per heavy atom. The molecular weight excluding hydrogens is 402 g/mol. The van der Waals surface area contributed by atoms with Crippen molar-refractivity contribution in [1.82, 2.24) is 5.32 Å². The lowest BCUT2D eigenvalue weighted by atomic mass is 10.0. The lowest BCUT2D eigenvalue weighted by Gasteiger charge is -2.05. The second-order valence-corrected chi connectivity index (χ2v) is 10.3. The summed E-state index contributed by atoms with van der Waals surface area (Å²) in [5.74, 6) is 0.0754. The summed E-state index contributed by atoms with van der Waals surface area (Å²) in [7, 11) is 0. The van der Waals surface area contributed by atoms with E-state index in [0.717, 1.165) is 38.6 Å². The van der Waals surface area contributed by atoms with E-state index in [9.17, 15) is 4.79 Å². The highest BCUT2D eigenvalue weighted by Crippen LogP contribution is 2.13. The Morgan fingerprint density at radius 2 is 1.18 bits per heavy atom. The largest absolute Gasteiger partial charge is 0.353 e. The molecule has 2 nitrogen and oxygen atoms in total. The molecular formula is C31H61NO. The first kappa shape index (κ1) is 29.7. The molecule has 0 spiro atoms. The average molecular weight is 467 g/mol. The SMILES string of the molecule is CCCCCCCCCCCCCCCCNC(=O)/C=C(\C)CC/C=C(\C)CCC=C(C)C.[2H][3H].[HH]. The van der Waals surface area contributed by atoms with E-state index in [-0.39, 0.29) is 7.33 Å². The van der Waals surface area contributed by atoms with E-state index in [1.165, 1.54) is 100 Å². The zero-order valence-electron chi connectivity index (χ0n) is 25.1. The van der Waals surface area contributed by atoms with Crippen molar-refractivity contribution >= 4 is 5.91 Å². The van der Waals surface area contributed by atoms with E-state index < -0.39 is 0 Å². The van der Waals surface area contributed by atoms with Gasteiger partial charge in [0.1, 0.15) is 0 Å². The van der Waals surface area contributed by atoms with Crippen LogP contribution in [-0.4, -0.2) is 12.5 Å². The molecule has 2 heteroatoms. The number of nitrogens with one attached hydrogen (secondary N) is 1. The number of hydrogen-bond acceptors (Lipinski definition) is 1. The van der Waals surface area contributed by atoms with Crippen LogP contribution < -0.4 is 5.32 Å². The molecule has 1 N–H and O–H groups in total. The third-order valence-corrected chi connectivity index (χ3v) is 6.33. The molecule has 0 aromatic rings. The number of unbranched alkanes of at least 4 members (excludes halogenated alkanes) is 13. The summed E-state index contributed by atoms with van der Waals surface area (Å²) >= 11 is 0. The second-order valence-electron chi connectivity index (χ2n) is 10.3. The molecule has 0 aliphatic rings. The van der Waals surface area contributed by atoms with E-state index in [2.05, 4.69) is 52.1 Å². The lowest BCUT2D eigenvalue weighted by Crippen LogP contribution is -2.22. The lowest BCUT2D eigenvalue weighted by molar-refractivity contribution is -0.116. The van der Waals surface area contributed by atoms with E-state index in [1.807, 2.05) is 0 Å². The van der Waals surface area contributed by atoms with Gasteiger partial charge in [-0.1, -0.05) is 119 Å². The minimum absolute atomic E-state index is 0. The van der Waals surface area contributed by atoms with E-state index in [1.54, 1.807) is 6.08 Å². The van der Waals surface area contributed by atoms with Gasteiger partial charge in [0, 0.05) is 17.0 Å². The van der Waals surface area contributed by atoms with Gasteiger partial charge in [-0.2, -0.15) is 0 Å². The highest BCUT2D eigenvalue weighted by Gasteiger charge is 1.99. The Bertz CT molecular complexity index is 566. The number of carbonyl (C=O) groups excluding carboxylic acids is 1. The number of hydrogen-bond donors (Lipinski definition) is 1. The van der Waals surface area contributed by atoms with Crippen molar-refractivity contribution in [2.24, 2.45) is 0 Å². The number of rotatable bonds is 22. The molecule has 196 valence electrons. The predicted molar refractivity (Wildman–Crippen MR) is 153 cm³/mol. The van der Waals surface area contributed by atoms with Gasteiger partial charge in [0.2, 0.25) is 5.91 Å². The Hall–Kier alpha value is -1.31. The molecule has 1 amide bonds. The van der Waals surface area contributed by atoms with E-state index in [4.69, 9.17) is 2.97 Å². The fourth-order valence-corrected chi connectivity index (χ4v) is 4.11. The maximum absolute atomic E-state index is 12.1. The van der Waals surface area contributed by atoms with Gasteiger partial charge in [-0.15, -0.1) is 0 Å². The van der Waals surface area contributed by atoms with Crippen molar-refractivity contribution < 1.29 is 9.19 Å². The van der Waals surface area contributed by atoms with Crippen LogP contribution in [0.2, 0.25) is 0 Å². The molecule has 0 saturated carbocycles. The molecule has 33 heavy (non-hydrogen) atoms. The Labute approximate surface area is 212 Å². The fourth-order valence-electron chi connectivity index (χ4n) is 4.11. The van der Waals surface area contributed by atoms with Crippen LogP contribution in [0.3, 0.4) is 0 Å². The highest BCUT2D eigenvalue weighted by atomic mass is 16.1. The monoisotopic (exact) mass is 466 g/mol. The number of allylic oxidation sites excluding steroid dienone is 5. The summed E-state index contributed by atoms with van der Waals surface area (Å²) in [6, 6.07) is 0. The van der Waals surface area contributed by atoms with Crippen LogP contribution in [0.15, 0.2) is 34.9 Å². The van der Waals surface area contributed by atoms with Crippen LogP contribution in [0, 0.1) is 0 Å². The molecule has 0 atom stereocenters. The molecule has 0 heterocycles. The zero-order chi connectivity index (χ0) is 26.6. The summed E-state index contributed by atoms with van der Waals surface area (Å²) in [5.41, 5.74) is 4.01. The third kappa shape index (κ3) is 25.2. The van der Waals surface area contributed by atoms with E-state index in [0.29, 0.717) is 0 Å². The molecule has 0 aliphatic carbocycles. The predicted octanol–water partition coefficient (Wildman–Crippen LogP) is 10.5. The summed E-state index contributed by atoms with van der Waals surface area (Å²) in [6.45, 7) is 11.7. The minimum Gasteiger partial charge on any atom is -0.353 e. The summed E-state index contributed by atoms with van der Waals surface area (Å²) in [5, 5.41) is 3.06. The Kier molecular flexibility index (Phi) is 21.5. The fraction of sp³-hybridized carbons (Fsp3) is 0.774. The van der Waals surface area contributed by atoms with Crippen molar-refractivity contribution in [1.29, 1.82) is 0 Å². The maximum atomic E-state index is 12.1. The van der Waals surface area contributed by atoms with Crippen LogP contribution in [0.25, 0.3) is 0 Å². The van der Waals surface area contributed by atoms with Crippen LogP contribution in [-0.2, 0) is 4.79 Å². The number of carbonyl (C=O) groups is 1. The quantitative estimate of drug-likeness (QED) is 0.0959. The van der Waals surface area contributed by atoms with Crippen molar-refractivity contribution in [3.8, 4) is 0 Å². The van der Waals surface area contributed by atoms with Gasteiger partial charge in [0.25, 0.3) is 0 Å². The zero-order valence-corrected chi connectivity index (χ0v) is 23.1. The first-order chi connectivity index (χ1) is 17.0. The molecule has 0 radical (unpaired) electrons. The number of amides is 1. The van der Waals surface area contributed by atoms with Gasteiger partial charge >= 0.3 is 0 Å². The van der Waals surface area contributed by atoms with Crippen molar-refractivity contribution in [3.05, 3.63) is 34.9 Å². The van der Waals surface area contributed by atoms with Gasteiger partial charge < -0.3 is 5.32 Å². The van der Waals surface area contributed by atoms with Gasteiger partial charge in [-0.25, -0.2) is 0 Å². The van der Waals surface area contributed by atoms with Crippen LogP contribution in [0.5, 0.6) is 0 Å². The molecule has 0 aliphatic heterocycles. The van der Waals surface area contributed by atoms with Crippen molar-refractivity contribution in [2.45, 2.75) is 150 Å². The molecule has 0 aromatic carbocycles. The normalized spacial score (nSPS) is 12.4. The smallest absolute Gasteiger partial charge is 0.243 e. The molecule has 0 saturated heterocycles. The van der Waals surface area contributed by atoms with Gasteiger partial charge in [-0.3, -0.25) is 4.79 Å². The van der Waals surface area contributed by atoms with Crippen molar-refractivity contribution in [2.75, 3.05) is 6.54 Å². The minimum atomic E-state index is 0. The van der Waals surface area contributed by atoms with Gasteiger partial charge in [0.05, 0.1) is 0 Å². The van der Waals surface area contributed by atoms with Crippen molar-refractivity contribution in [3.63, 3.8) is 0 Å². The first-order valence-corrected chi connectivity index (χ1v) is 14.2. The first-order valence-electron chi connectivity index (χ1n) is 15.2. The molecule has 0 fully saturated rings. The standard InChI is InChI=1S/C31H57NO.2H2/c1-6-7-8-9-10-11-12-13-14-15-16-17-18-19-26-32-31(33)27-30(5)25-21-24-29(4)23-20-22-28(2)3;;/h22,24,27H,6-21,23,25-26H2,1-5H3,(H,32,33);2*1H/b29-24+,30-27+;;/i;1+2D;. The summed E-state index contributed by atoms with van der Waals surface area (Å²) in [4.78, 5) is 12.1. The molecule has 0 unspecified atom stereocenters. The molecule has 0 aromatic heterocycles. The highest BCUT2D eigenvalue weighted by molar-refractivity contribution is 5.88. The molecule has 0 rings (SSSR count). The maximum Gasteiger partial charge on any atom is 0.243 e. The van der Waals surface area contributed by atoms with Crippen LogP contribution in [0.1, 0.15) is 155 Å². The third-order valence-electron chi connectivity index (χ3n) is 6.33. The average Bonchev–Trinajstić information content (AvgIpc) is 2.82. The van der Waals surface area contributed by atoms with Gasteiger partial charge in [0.15, 0.2) is 0 Å². The Morgan fingerprint density at radius 1 is 0.727 bits per heavy atom. The van der Waals surface area contributed by atoms with Gasteiger partial charge in [-0.05, 0) is 59.8 Å². The Balaban J connectivity index is -0.00000353. The summed E-state index contributed by atoms with van der Waals surface area (Å²) in [6.07, 6.45) is 29.8. The molecule has 0 bridgehead atoms. The van der Waals surface area contributed by atoms with Crippen LogP contribution >= 0.6 is 0 Å². The van der Waals surface area contributed by atoms with Crippen LogP contribution in [0.4, 0.5) is 0 Å².